The van der Waals surface area contributed by atoms with Crippen LogP contribution in [0.2, 0.25) is 0 Å². The minimum absolute atomic E-state index is 0.230. The van der Waals surface area contributed by atoms with Crippen molar-refractivity contribution in [1.82, 2.24) is 5.32 Å². The molecule has 0 aromatic heterocycles. The highest BCUT2D eigenvalue weighted by molar-refractivity contribution is 7.80. The third-order valence-electron chi connectivity index (χ3n) is 4.17. The van der Waals surface area contributed by atoms with E-state index in [-0.39, 0.29) is 11.0 Å². The number of hydrogen-bond donors (Lipinski definition) is 2. The van der Waals surface area contributed by atoms with Crippen molar-refractivity contribution < 1.29 is 14.3 Å². The van der Waals surface area contributed by atoms with Gasteiger partial charge in [0.05, 0.1) is 13.7 Å². The number of ether oxygens (including phenoxy) is 2. The van der Waals surface area contributed by atoms with Crippen LogP contribution >= 0.6 is 12.2 Å². The molecule has 0 radical (unpaired) electrons. The predicted molar refractivity (Wildman–Crippen MR) is 122 cm³/mol. The van der Waals surface area contributed by atoms with Crippen LogP contribution in [0, 0.1) is 0 Å². The van der Waals surface area contributed by atoms with E-state index < -0.39 is 0 Å². The van der Waals surface area contributed by atoms with Gasteiger partial charge in [-0.2, -0.15) is 0 Å². The number of anilines is 1. The standard InChI is InChI=1S/C23H28N2O3S/c1-3-4-5-8-17-28-20-14-12-19(13-15-20)24-23(29)25-22(26)16-11-18-9-6-7-10-21(18)27-2/h6-7,9-16H,3-5,8,17H2,1-2H3,(H2,24,25,26,29)/b16-11+. The third kappa shape index (κ3) is 8.35. The Balaban J connectivity index is 1.78. The average molecular weight is 413 g/mol. The topological polar surface area (TPSA) is 59.6 Å². The Morgan fingerprint density at radius 1 is 1.07 bits per heavy atom. The Morgan fingerprint density at radius 3 is 2.55 bits per heavy atom. The normalized spacial score (nSPS) is 10.6. The van der Waals surface area contributed by atoms with E-state index in [1.807, 2.05) is 48.5 Å². The van der Waals surface area contributed by atoms with Gasteiger partial charge >= 0.3 is 0 Å². The Morgan fingerprint density at radius 2 is 1.83 bits per heavy atom. The number of methoxy groups -OCH3 is 1. The number of benzene rings is 2. The fraction of sp³-hybridized carbons (Fsp3) is 0.304. The molecule has 0 aliphatic heterocycles. The number of amides is 1. The maximum atomic E-state index is 12.1. The van der Waals surface area contributed by atoms with E-state index in [1.54, 1.807) is 13.2 Å². The molecule has 5 nitrogen and oxygen atoms in total. The summed E-state index contributed by atoms with van der Waals surface area (Å²) in [5.74, 6) is 1.20. The number of carbonyl (C=O) groups excluding carboxylic acids is 1. The highest BCUT2D eigenvalue weighted by atomic mass is 32.1. The van der Waals surface area contributed by atoms with Crippen LogP contribution in [0.15, 0.2) is 54.6 Å². The second-order valence-corrected chi connectivity index (χ2v) is 6.86. The summed E-state index contributed by atoms with van der Waals surface area (Å²) >= 11 is 5.20. The third-order valence-corrected chi connectivity index (χ3v) is 4.37. The van der Waals surface area contributed by atoms with Crippen molar-refractivity contribution in [3.8, 4) is 11.5 Å². The monoisotopic (exact) mass is 412 g/mol. The summed E-state index contributed by atoms with van der Waals surface area (Å²) in [7, 11) is 1.59. The number of nitrogens with one attached hydrogen (secondary N) is 2. The Bertz CT molecular complexity index is 819. The molecule has 6 heteroatoms. The molecule has 0 atom stereocenters. The van der Waals surface area contributed by atoms with E-state index >= 15 is 0 Å². The first kappa shape index (κ1) is 22.4. The molecular weight excluding hydrogens is 384 g/mol. The second-order valence-electron chi connectivity index (χ2n) is 6.45. The van der Waals surface area contributed by atoms with Crippen molar-refractivity contribution in [2.45, 2.75) is 32.6 Å². The van der Waals surface area contributed by atoms with Crippen molar-refractivity contribution in [1.29, 1.82) is 0 Å². The van der Waals surface area contributed by atoms with Crippen molar-refractivity contribution in [3.63, 3.8) is 0 Å². The van der Waals surface area contributed by atoms with Crippen molar-refractivity contribution >= 4 is 35.0 Å². The molecule has 0 aliphatic rings. The van der Waals surface area contributed by atoms with Crippen molar-refractivity contribution in [3.05, 3.63) is 60.2 Å². The maximum absolute atomic E-state index is 12.1. The van der Waals surface area contributed by atoms with Crippen LogP contribution in [0.25, 0.3) is 6.08 Å². The molecule has 0 aliphatic carbocycles. The minimum Gasteiger partial charge on any atom is -0.496 e. The number of hydrogen-bond acceptors (Lipinski definition) is 4. The van der Waals surface area contributed by atoms with Gasteiger partial charge in [0.15, 0.2) is 5.11 Å². The van der Waals surface area contributed by atoms with E-state index in [4.69, 9.17) is 21.7 Å². The van der Waals surface area contributed by atoms with Crippen LogP contribution < -0.4 is 20.1 Å². The zero-order valence-corrected chi connectivity index (χ0v) is 17.8. The lowest BCUT2D eigenvalue weighted by atomic mass is 10.2. The predicted octanol–water partition coefficient (Wildman–Crippen LogP) is 5.18. The highest BCUT2D eigenvalue weighted by Crippen LogP contribution is 2.18. The van der Waals surface area contributed by atoms with Gasteiger partial charge in [-0.1, -0.05) is 44.4 Å². The van der Waals surface area contributed by atoms with Crippen molar-refractivity contribution in [2.24, 2.45) is 0 Å². The number of unbranched alkanes of at least 4 members (excludes halogenated alkanes) is 3. The first-order valence-corrected chi connectivity index (χ1v) is 10.2. The van der Waals surface area contributed by atoms with Crippen LogP contribution in [0.4, 0.5) is 5.69 Å². The van der Waals surface area contributed by atoms with Gasteiger partial charge in [-0.15, -0.1) is 0 Å². The molecule has 0 bridgehead atoms. The molecule has 0 fully saturated rings. The molecule has 0 saturated carbocycles. The summed E-state index contributed by atoms with van der Waals surface area (Å²) in [5.41, 5.74) is 1.59. The Labute approximate surface area is 178 Å². The average Bonchev–Trinajstić information content (AvgIpc) is 2.73. The molecule has 1 amide bonds. The number of carbonyl (C=O) groups is 1. The molecule has 2 aromatic carbocycles. The smallest absolute Gasteiger partial charge is 0.250 e. The molecule has 2 aromatic rings. The summed E-state index contributed by atoms with van der Waals surface area (Å²) in [6.45, 7) is 2.91. The van der Waals surface area contributed by atoms with Gasteiger partial charge in [-0.3, -0.25) is 10.1 Å². The maximum Gasteiger partial charge on any atom is 0.250 e. The van der Waals surface area contributed by atoms with E-state index in [0.717, 1.165) is 30.0 Å². The zero-order valence-electron chi connectivity index (χ0n) is 16.9. The van der Waals surface area contributed by atoms with E-state index in [2.05, 4.69) is 17.6 Å². The molecule has 2 rings (SSSR count). The lowest BCUT2D eigenvalue weighted by Crippen LogP contribution is -2.32. The van der Waals surface area contributed by atoms with Crippen LogP contribution in [-0.2, 0) is 4.79 Å². The van der Waals surface area contributed by atoms with Gasteiger partial charge in [0, 0.05) is 17.3 Å². The van der Waals surface area contributed by atoms with Crippen molar-refractivity contribution in [2.75, 3.05) is 19.0 Å². The van der Waals surface area contributed by atoms with Crippen LogP contribution in [0.3, 0.4) is 0 Å². The van der Waals surface area contributed by atoms with Gasteiger partial charge in [0.25, 0.3) is 0 Å². The molecule has 2 N–H and O–H groups in total. The molecule has 0 spiro atoms. The summed E-state index contributed by atoms with van der Waals surface area (Å²) in [5, 5.41) is 5.85. The largest absolute Gasteiger partial charge is 0.496 e. The van der Waals surface area contributed by atoms with Crippen LogP contribution in [-0.4, -0.2) is 24.7 Å². The molecule has 0 unspecified atom stereocenters. The lowest BCUT2D eigenvalue weighted by Gasteiger charge is -2.10. The van der Waals surface area contributed by atoms with E-state index in [9.17, 15) is 4.79 Å². The second kappa shape index (κ2) is 12.6. The van der Waals surface area contributed by atoms with Gasteiger partial charge in [-0.05, 0) is 55.0 Å². The summed E-state index contributed by atoms with van der Waals surface area (Å²) in [6, 6.07) is 15.0. The van der Waals surface area contributed by atoms with Crippen LogP contribution in [0.1, 0.15) is 38.2 Å². The molecule has 29 heavy (non-hydrogen) atoms. The fourth-order valence-electron chi connectivity index (χ4n) is 2.64. The minimum atomic E-state index is -0.319. The summed E-state index contributed by atoms with van der Waals surface area (Å²) in [6.07, 6.45) is 7.81. The molecular formula is C23H28N2O3S. The SMILES string of the molecule is CCCCCCOc1ccc(NC(=S)NC(=O)/C=C/c2ccccc2OC)cc1. The summed E-state index contributed by atoms with van der Waals surface area (Å²) < 4.78 is 11.0. The Kier molecular flexibility index (Phi) is 9.72. The Hall–Kier alpha value is -2.86. The van der Waals surface area contributed by atoms with E-state index in [1.165, 1.54) is 25.3 Å². The molecule has 0 heterocycles. The number of rotatable bonds is 10. The zero-order chi connectivity index (χ0) is 20.9. The lowest BCUT2D eigenvalue weighted by molar-refractivity contribution is -0.115. The summed E-state index contributed by atoms with van der Waals surface area (Å²) in [4.78, 5) is 12.1. The first-order chi connectivity index (χ1) is 14.1. The quantitative estimate of drug-likeness (QED) is 0.320. The molecule has 154 valence electrons. The fourth-order valence-corrected chi connectivity index (χ4v) is 2.86. The van der Waals surface area contributed by atoms with Gasteiger partial charge in [0.2, 0.25) is 5.91 Å². The van der Waals surface area contributed by atoms with Gasteiger partial charge in [0.1, 0.15) is 11.5 Å². The van der Waals surface area contributed by atoms with Crippen LogP contribution in [0.5, 0.6) is 11.5 Å². The number of para-hydroxylation sites is 1. The first-order valence-electron chi connectivity index (χ1n) is 9.78. The highest BCUT2D eigenvalue weighted by Gasteiger charge is 2.03. The van der Waals surface area contributed by atoms with Gasteiger partial charge in [-0.25, -0.2) is 0 Å². The molecule has 0 saturated heterocycles. The number of thiocarbonyl (C=S) groups is 1. The van der Waals surface area contributed by atoms with E-state index in [0.29, 0.717) is 5.75 Å². The van der Waals surface area contributed by atoms with Gasteiger partial charge < -0.3 is 14.8 Å².